The molecule has 2 atom stereocenters. The Kier molecular flexibility index (Phi) is 16.6. The van der Waals surface area contributed by atoms with E-state index in [1.807, 2.05) is 9.44 Å². The summed E-state index contributed by atoms with van der Waals surface area (Å²) in [6.45, 7) is 4.52. The zero-order chi connectivity index (χ0) is 48.3. The van der Waals surface area contributed by atoms with Crippen LogP contribution in [0, 0.1) is 18.6 Å². The highest BCUT2D eigenvalue weighted by molar-refractivity contribution is 7.90. The van der Waals surface area contributed by atoms with Crippen molar-refractivity contribution in [3.05, 3.63) is 100 Å². The Bertz CT molecular complexity index is 2710. The van der Waals surface area contributed by atoms with Gasteiger partial charge < -0.3 is 45.0 Å². The Morgan fingerprint density at radius 2 is 1.09 bits per heavy atom. The van der Waals surface area contributed by atoms with E-state index in [-0.39, 0.29) is 69.6 Å². The fourth-order valence-corrected chi connectivity index (χ4v) is 9.41. The smallest absolute Gasteiger partial charge is 0.328 e. The van der Waals surface area contributed by atoms with Crippen LogP contribution in [0.15, 0.2) is 70.5 Å². The van der Waals surface area contributed by atoms with Gasteiger partial charge in [0.2, 0.25) is 0 Å². The van der Waals surface area contributed by atoms with E-state index >= 15 is 0 Å². The van der Waals surface area contributed by atoms with E-state index in [4.69, 9.17) is 23.7 Å². The topological polar surface area (TPSA) is 255 Å². The number of ether oxygens (including phenoxy) is 5. The maximum atomic E-state index is 13.6. The summed E-state index contributed by atoms with van der Waals surface area (Å²) >= 11 is 0. The number of carbonyl (C=O) groups is 4. The van der Waals surface area contributed by atoms with Gasteiger partial charge in [0.1, 0.15) is 45.3 Å². The number of sulfonamides is 2. The number of benzene rings is 4. The minimum atomic E-state index is -4.26. The number of carbonyl (C=O) groups excluding carboxylic acids is 4. The minimum absolute atomic E-state index is 0.00438. The lowest BCUT2D eigenvalue weighted by molar-refractivity contribution is 0.0936. The van der Waals surface area contributed by atoms with Gasteiger partial charge in [-0.3, -0.25) is 9.59 Å². The summed E-state index contributed by atoms with van der Waals surface area (Å²) in [5, 5.41) is 10.1. The second kappa shape index (κ2) is 21.9. The quantitative estimate of drug-likeness (QED) is 0.104. The third-order valence-corrected chi connectivity index (χ3v) is 13.2. The van der Waals surface area contributed by atoms with Crippen molar-refractivity contribution in [3.8, 4) is 28.7 Å². The molecule has 0 saturated carbocycles. The van der Waals surface area contributed by atoms with E-state index < -0.39 is 55.6 Å². The molecule has 2 unspecified atom stereocenters. The molecule has 23 heteroatoms. The first-order chi connectivity index (χ1) is 31.4. The maximum absolute atomic E-state index is 13.6. The van der Waals surface area contributed by atoms with Crippen molar-refractivity contribution in [3.63, 3.8) is 0 Å². The van der Waals surface area contributed by atoms with Gasteiger partial charge in [0.15, 0.2) is 0 Å². The Labute approximate surface area is 380 Å². The summed E-state index contributed by atoms with van der Waals surface area (Å²) in [6, 6.07) is 11.4. The van der Waals surface area contributed by atoms with E-state index in [1.54, 1.807) is 19.9 Å². The average Bonchev–Trinajstić information content (AvgIpc) is 3.28. The van der Waals surface area contributed by atoms with Crippen LogP contribution < -0.4 is 54.4 Å². The summed E-state index contributed by atoms with van der Waals surface area (Å²) in [6.07, 6.45) is 1.02. The highest BCUT2D eigenvalue weighted by atomic mass is 32.2. The van der Waals surface area contributed by atoms with Crippen molar-refractivity contribution < 1.29 is 68.5 Å². The average molecular weight is 961 g/mol. The fourth-order valence-electron chi connectivity index (χ4n) is 7.08. The van der Waals surface area contributed by atoms with Crippen LogP contribution in [0.3, 0.4) is 0 Å². The Hall–Kier alpha value is -6.88. The van der Waals surface area contributed by atoms with Crippen LogP contribution in [0.25, 0.3) is 0 Å². The SMILES string of the molecule is CCNC(=O)NS(=O)(=O)c1cc2c(cc1OC)OCCC2CNC(=O)c1cc(F)ccc1OC.CNC(=O)NS(=O)(=O)c1cc2c(cc1C)OCCC2CNC(=O)c1cc(F)ccc1OC. The number of methoxy groups -OCH3 is 3. The second-order valence-corrected chi connectivity index (χ2v) is 17.9. The summed E-state index contributed by atoms with van der Waals surface area (Å²) < 4.78 is 109. The van der Waals surface area contributed by atoms with Gasteiger partial charge in [-0.25, -0.2) is 44.6 Å². The minimum Gasteiger partial charge on any atom is -0.496 e. The number of rotatable bonds is 14. The molecule has 0 bridgehead atoms. The Balaban J connectivity index is 0.000000248. The van der Waals surface area contributed by atoms with E-state index in [2.05, 4.69) is 21.3 Å². The van der Waals surface area contributed by atoms with Crippen LogP contribution in [0.5, 0.6) is 28.7 Å². The van der Waals surface area contributed by atoms with Crippen LogP contribution in [0.2, 0.25) is 0 Å². The molecule has 0 saturated heterocycles. The molecule has 356 valence electrons. The summed E-state index contributed by atoms with van der Waals surface area (Å²) in [5.41, 5.74) is 1.62. The summed E-state index contributed by atoms with van der Waals surface area (Å²) in [4.78, 5) is 48.4. The lowest BCUT2D eigenvalue weighted by Gasteiger charge is -2.27. The van der Waals surface area contributed by atoms with Crippen LogP contribution in [0.1, 0.15) is 69.0 Å². The third kappa shape index (κ3) is 12.1. The first-order valence-electron chi connectivity index (χ1n) is 20.3. The summed E-state index contributed by atoms with van der Waals surface area (Å²) in [7, 11) is -2.99. The molecule has 4 aromatic carbocycles. The standard InChI is InChI=1S/C22H26FN3O7S.C21H24FN3O6S/c1-4-24-22(28)26-34(29,30)20-10-15-13(7-8-33-18(15)11-19(20)32-3)12-25-21(27)16-9-14(23)5-6-17(16)31-2;1-12-8-18-15(10-19(12)32(28,29)25-21(27)23-2)13(6-7-31-18)11-24-20(26)16-9-14(22)4-5-17(16)30-3/h5-6,9-11,13H,4,7-8,12H2,1-3H3,(H,25,27)(H2,24,26,28);4-5,8-10,13H,6-7,11H2,1-3H3,(H,24,26)(H2,23,25,27). The molecule has 0 spiro atoms. The lowest BCUT2D eigenvalue weighted by atomic mass is 9.92. The van der Waals surface area contributed by atoms with Crippen molar-refractivity contribution in [1.82, 2.24) is 30.7 Å². The zero-order valence-electron chi connectivity index (χ0n) is 36.8. The molecule has 6 N–H and O–H groups in total. The summed E-state index contributed by atoms with van der Waals surface area (Å²) in [5.74, 6) is -1.39. The van der Waals surface area contributed by atoms with Crippen molar-refractivity contribution in [2.24, 2.45) is 0 Å². The molecule has 2 aliphatic heterocycles. The first kappa shape index (κ1) is 50.1. The lowest BCUT2D eigenvalue weighted by Crippen LogP contribution is -2.39. The van der Waals surface area contributed by atoms with Crippen LogP contribution in [-0.2, 0) is 20.0 Å². The molecule has 6 amide bonds. The highest BCUT2D eigenvalue weighted by Gasteiger charge is 2.31. The van der Waals surface area contributed by atoms with Crippen LogP contribution in [-0.4, -0.2) is 102 Å². The number of halogens is 2. The van der Waals surface area contributed by atoms with E-state index in [1.165, 1.54) is 70.8 Å². The molecule has 19 nitrogen and oxygen atoms in total. The first-order valence-corrected chi connectivity index (χ1v) is 23.2. The second-order valence-electron chi connectivity index (χ2n) is 14.6. The zero-order valence-corrected chi connectivity index (χ0v) is 38.4. The number of nitrogens with one attached hydrogen (secondary N) is 6. The van der Waals surface area contributed by atoms with E-state index in [0.717, 1.165) is 12.1 Å². The van der Waals surface area contributed by atoms with Gasteiger partial charge >= 0.3 is 12.1 Å². The Morgan fingerprint density at radius 3 is 1.56 bits per heavy atom. The van der Waals surface area contributed by atoms with Crippen molar-refractivity contribution in [2.45, 2.75) is 48.3 Å². The van der Waals surface area contributed by atoms with Crippen molar-refractivity contribution in [2.75, 3.05) is 61.2 Å². The number of hydrogen-bond acceptors (Lipinski definition) is 13. The predicted molar refractivity (Wildman–Crippen MR) is 235 cm³/mol. The van der Waals surface area contributed by atoms with Gasteiger partial charge in [0.05, 0.1) is 50.6 Å². The van der Waals surface area contributed by atoms with E-state index in [9.17, 15) is 44.8 Å². The number of aryl methyl sites for hydroxylation is 1. The van der Waals surface area contributed by atoms with Gasteiger partial charge in [0, 0.05) is 55.7 Å². The third-order valence-electron chi connectivity index (χ3n) is 10.4. The Morgan fingerprint density at radius 1 is 0.636 bits per heavy atom. The van der Waals surface area contributed by atoms with Crippen LogP contribution in [0.4, 0.5) is 18.4 Å². The molecule has 2 aliphatic rings. The molecule has 0 radical (unpaired) electrons. The predicted octanol–water partition coefficient (Wildman–Crippen LogP) is 4.20. The molecule has 0 fully saturated rings. The number of urea groups is 2. The molecule has 6 rings (SSSR count). The molecular formula is C43H50F2N6O13S2. The number of fused-ring (bicyclic) bond motifs is 2. The van der Waals surface area contributed by atoms with Gasteiger partial charge in [-0.1, -0.05) is 0 Å². The van der Waals surface area contributed by atoms with Gasteiger partial charge in [-0.05, 0) is 86.8 Å². The fraction of sp³-hybridized carbons (Fsp3) is 0.349. The van der Waals surface area contributed by atoms with Gasteiger partial charge in [-0.15, -0.1) is 0 Å². The normalized spacial score (nSPS) is 15.0. The molecule has 66 heavy (non-hydrogen) atoms. The molecule has 4 aromatic rings. The van der Waals surface area contributed by atoms with Gasteiger partial charge in [0.25, 0.3) is 31.9 Å². The van der Waals surface area contributed by atoms with Crippen molar-refractivity contribution >= 4 is 43.9 Å². The maximum Gasteiger partial charge on any atom is 0.328 e. The van der Waals surface area contributed by atoms with Gasteiger partial charge in [-0.2, -0.15) is 0 Å². The largest absolute Gasteiger partial charge is 0.496 e. The van der Waals surface area contributed by atoms with Crippen molar-refractivity contribution in [1.29, 1.82) is 0 Å². The van der Waals surface area contributed by atoms with Crippen LogP contribution >= 0.6 is 0 Å². The number of amides is 6. The number of hydrogen-bond donors (Lipinski definition) is 6. The highest BCUT2D eigenvalue weighted by Crippen LogP contribution is 2.40. The van der Waals surface area contributed by atoms with E-state index in [0.29, 0.717) is 54.2 Å². The monoisotopic (exact) mass is 960 g/mol. The molecule has 0 aromatic heterocycles. The molecule has 0 aliphatic carbocycles. The molecular weight excluding hydrogens is 911 g/mol. The molecule has 2 heterocycles.